The van der Waals surface area contributed by atoms with Crippen LogP contribution in [0, 0.1) is 0 Å². The summed E-state index contributed by atoms with van der Waals surface area (Å²) in [4.78, 5) is 29.2. The highest BCUT2D eigenvalue weighted by molar-refractivity contribution is 7.92. The lowest BCUT2D eigenvalue weighted by atomic mass is 10.2. The molecule has 174 valence electrons. The molecule has 0 spiro atoms. The van der Waals surface area contributed by atoms with Crippen molar-refractivity contribution in [3.63, 3.8) is 0 Å². The van der Waals surface area contributed by atoms with E-state index in [1.165, 1.54) is 58.2 Å². The number of nitrogens with one attached hydrogen (secondary N) is 1. The molecule has 1 aliphatic heterocycles. The average Bonchev–Trinajstić information content (AvgIpc) is 3.32. The van der Waals surface area contributed by atoms with Crippen LogP contribution in [-0.2, 0) is 21.4 Å². The topological polar surface area (TPSA) is 125 Å². The monoisotopic (exact) mass is 499 g/mol. The largest absolute Gasteiger partial charge is 0.486 e. The first-order valence-corrected chi connectivity index (χ1v) is 12.4. The van der Waals surface area contributed by atoms with Gasteiger partial charge in [0.2, 0.25) is 0 Å². The van der Waals surface area contributed by atoms with Gasteiger partial charge in [-0.15, -0.1) is 11.3 Å². The highest BCUT2D eigenvalue weighted by Gasteiger charge is 2.20. The minimum absolute atomic E-state index is 0.0198. The standard InChI is InChI=1S/C22H17N3O7S2/c26-20-11-16(23-22-25(20)7-10-33-22)13-32-21(27)14-1-3-15(4-2-14)24-34(28,29)17-5-6-18-19(12-17)31-9-8-30-18/h1-7,10-12,24H,8-9,13H2. The molecule has 12 heteroatoms. The third-order valence-corrected chi connectivity index (χ3v) is 7.04. The number of aromatic nitrogens is 2. The molecule has 1 aliphatic rings. The number of sulfonamides is 1. The zero-order valence-electron chi connectivity index (χ0n) is 17.5. The maximum atomic E-state index is 12.7. The molecule has 2 aromatic carbocycles. The number of benzene rings is 2. The van der Waals surface area contributed by atoms with Gasteiger partial charge < -0.3 is 14.2 Å². The zero-order valence-corrected chi connectivity index (χ0v) is 19.1. The maximum Gasteiger partial charge on any atom is 0.338 e. The summed E-state index contributed by atoms with van der Waals surface area (Å²) in [7, 11) is -3.88. The predicted octanol–water partition coefficient (Wildman–Crippen LogP) is 2.69. The van der Waals surface area contributed by atoms with Crippen LogP contribution in [0.15, 0.2) is 69.8 Å². The zero-order chi connectivity index (χ0) is 23.7. The van der Waals surface area contributed by atoms with Gasteiger partial charge in [-0.3, -0.25) is 13.9 Å². The van der Waals surface area contributed by atoms with Gasteiger partial charge in [-0.2, -0.15) is 0 Å². The quantitative estimate of drug-likeness (QED) is 0.402. The summed E-state index contributed by atoms with van der Waals surface area (Å²) in [5.41, 5.74) is 0.567. The summed E-state index contributed by atoms with van der Waals surface area (Å²) in [5, 5.41) is 1.74. The molecule has 3 heterocycles. The van der Waals surface area contributed by atoms with Crippen LogP contribution in [0.25, 0.3) is 4.96 Å². The minimum Gasteiger partial charge on any atom is -0.486 e. The van der Waals surface area contributed by atoms with Crippen LogP contribution in [0.2, 0.25) is 0 Å². The molecule has 0 saturated carbocycles. The van der Waals surface area contributed by atoms with Gasteiger partial charge in [0.25, 0.3) is 15.6 Å². The summed E-state index contributed by atoms with van der Waals surface area (Å²) in [6.07, 6.45) is 1.62. The first-order chi connectivity index (χ1) is 16.4. The molecule has 1 N–H and O–H groups in total. The molecule has 0 aliphatic carbocycles. The highest BCUT2D eigenvalue weighted by atomic mass is 32.2. The Morgan fingerprint density at radius 2 is 1.85 bits per heavy atom. The number of thiazole rings is 1. The Balaban J connectivity index is 1.24. The lowest BCUT2D eigenvalue weighted by Crippen LogP contribution is -2.17. The van der Waals surface area contributed by atoms with Crippen molar-refractivity contribution < 1.29 is 27.4 Å². The molecule has 2 aromatic heterocycles. The van der Waals surface area contributed by atoms with Crippen molar-refractivity contribution in [1.29, 1.82) is 0 Å². The molecule has 0 amide bonds. The fourth-order valence-electron chi connectivity index (χ4n) is 3.26. The molecule has 10 nitrogen and oxygen atoms in total. The van der Waals surface area contributed by atoms with E-state index < -0.39 is 16.0 Å². The Labute approximate surface area is 197 Å². The van der Waals surface area contributed by atoms with Gasteiger partial charge in [0.1, 0.15) is 19.8 Å². The van der Waals surface area contributed by atoms with E-state index >= 15 is 0 Å². The summed E-state index contributed by atoms with van der Waals surface area (Å²) in [6, 6.07) is 11.5. The maximum absolute atomic E-state index is 12.7. The van der Waals surface area contributed by atoms with Crippen LogP contribution in [-0.4, -0.2) is 37.0 Å². The summed E-state index contributed by atoms with van der Waals surface area (Å²) in [5.74, 6) is 0.223. The number of rotatable bonds is 6. The summed E-state index contributed by atoms with van der Waals surface area (Å²) >= 11 is 1.30. The molecule has 5 rings (SSSR count). The van der Waals surface area contributed by atoms with Crippen LogP contribution >= 0.6 is 11.3 Å². The van der Waals surface area contributed by atoms with Gasteiger partial charge in [0, 0.05) is 29.4 Å². The van der Waals surface area contributed by atoms with Gasteiger partial charge in [0.15, 0.2) is 16.5 Å². The van der Waals surface area contributed by atoms with E-state index in [0.717, 1.165) is 0 Å². The predicted molar refractivity (Wildman–Crippen MR) is 123 cm³/mol. The third-order valence-electron chi connectivity index (χ3n) is 4.90. The molecular weight excluding hydrogens is 482 g/mol. The molecule has 0 unspecified atom stereocenters. The second-order valence-electron chi connectivity index (χ2n) is 7.21. The molecule has 4 aromatic rings. The number of fused-ring (bicyclic) bond motifs is 2. The first-order valence-electron chi connectivity index (χ1n) is 10.0. The number of ether oxygens (including phenoxy) is 3. The number of nitrogens with zero attached hydrogens (tertiary/aromatic N) is 2. The van der Waals surface area contributed by atoms with E-state index in [4.69, 9.17) is 14.2 Å². The third kappa shape index (κ3) is 4.45. The molecule has 34 heavy (non-hydrogen) atoms. The summed E-state index contributed by atoms with van der Waals surface area (Å²) in [6.45, 7) is 0.587. The van der Waals surface area contributed by atoms with Gasteiger partial charge in [0.05, 0.1) is 16.2 Å². The van der Waals surface area contributed by atoms with Crippen LogP contribution < -0.4 is 19.8 Å². The first kappa shape index (κ1) is 21.9. The molecule has 0 radical (unpaired) electrons. The van der Waals surface area contributed by atoms with Crippen LogP contribution in [0.3, 0.4) is 0 Å². The fraction of sp³-hybridized carbons (Fsp3) is 0.136. The van der Waals surface area contributed by atoms with Gasteiger partial charge in [-0.05, 0) is 36.4 Å². The second kappa shape index (κ2) is 8.80. The Morgan fingerprint density at radius 3 is 2.65 bits per heavy atom. The number of hydrogen-bond donors (Lipinski definition) is 1. The lowest BCUT2D eigenvalue weighted by molar-refractivity contribution is 0.0468. The number of esters is 1. The van der Waals surface area contributed by atoms with Crippen molar-refractivity contribution in [2.45, 2.75) is 11.5 Å². The number of carbonyl (C=O) groups excluding carboxylic acids is 1. The second-order valence-corrected chi connectivity index (χ2v) is 9.76. The van der Waals surface area contributed by atoms with Crippen molar-refractivity contribution in [1.82, 2.24) is 9.38 Å². The lowest BCUT2D eigenvalue weighted by Gasteiger charge is -2.19. The smallest absolute Gasteiger partial charge is 0.338 e. The van der Waals surface area contributed by atoms with E-state index in [1.54, 1.807) is 17.6 Å². The Bertz CT molecular complexity index is 1540. The highest BCUT2D eigenvalue weighted by Crippen LogP contribution is 2.32. The van der Waals surface area contributed by atoms with Crippen LogP contribution in [0.4, 0.5) is 5.69 Å². The summed E-state index contributed by atoms with van der Waals surface area (Å²) < 4.78 is 45.4. The van der Waals surface area contributed by atoms with Crippen molar-refractivity contribution in [2.75, 3.05) is 17.9 Å². The van der Waals surface area contributed by atoms with E-state index in [-0.39, 0.29) is 28.3 Å². The van der Waals surface area contributed by atoms with Gasteiger partial charge in [-0.25, -0.2) is 18.2 Å². The van der Waals surface area contributed by atoms with E-state index in [2.05, 4.69) is 9.71 Å². The van der Waals surface area contributed by atoms with Crippen LogP contribution in [0.1, 0.15) is 16.1 Å². The number of hydrogen-bond acceptors (Lipinski definition) is 9. The molecule has 0 saturated heterocycles. The van der Waals surface area contributed by atoms with Crippen LogP contribution in [0.5, 0.6) is 11.5 Å². The molecule has 0 bridgehead atoms. The fourth-order valence-corrected chi connectivity index (χ4v) is 5.08. The van der Waals surface area contributed by atoms with Gasteiger partial charge >= 0.3 is 5.97 Å². The van der Waals surface area contributed by atoms with Crippen molar-refractivity contribution >= 4 is 38.0 Å². The average molecular weight is 500 g/mol. The Hall–Kier alpha value is -3.90. The Morgan fingerprint density at radius 1 is 1.09 bits per heavy atom. The SMILES string of the molecule is O=C(OCc1cc(=O)n2ccsc2n1)c1ccc(NS(=O)(=O)c2ccc3c(c2)OCCO3)cc1. The molecular formula is C22H17N3O7S2. The Kier molecular flexibility index (Phi) is 5.67. The normalized spacial score (nSPS) is 12.9. The van der Waals surface area contributed by atoms with Crippen molar-refractivity contribution in [2.24, 2.45) is 0 Å². The number of carbonyl (C=O) groups is 1. The van der Waals surface area contributed by atoms with E-state index in [0.29, 0.717) is 35.4 Å². The minimum atomic E-state index is -3.88. The van der Waals surface area contributed by atoms with Gasteiger partial charge in [-0.1, -0.05) is 0 Å². The molecule has 0 atom stereocenters. The van der Waals surface area contributed by atoms with Crippen molar-refractivity contribution in [3.05, 3.63) is 81.7 Å². The van der Waals surface area contributed by atoms with E-state index in [9.17, 15) is 18.0 Å². The molecule has 0 fully saturated rings. The number of anilines is 1. The van der Waals surface area contributed by atoms with Crippen molar-refractivity contribution in [3.8, 4) is 11.5 Å². The van der Waals surface area contributed by atoms with E-state index in [1.807, 2.05) is 0 Å².